The van der Waals surface area contributed by atoms with Gasteiger partial charge in [-0.2, -0.15) is 0 Å². The van der Waals surface area contributed by atoms with Gasteiger partial charge in [-0.05, 0) is 24.1 Å². The van der Waals surface area contributed by atoms with E-state index in [9.17, 15) is 4.79 Å². The van der Waals surface area contributed by atoms with E-state index in [1.54, 1.807) is 0 Å². The Bertz CT molecular complexity index is 402. The predicted molar refractivity (Wildman–Crippen MR) is 73.5 cm³/mol. The number of rotatable bonds is 3. The summed E-state index contributed by atoms with van der Waals surface area (Å²) in [5, 5.41) is 2.88. The van der Waals surface area contributed by atoms with Crippen molar-refractivity contribution in [1.82, 2.24) is 5.32 Å². The van der Waals surface area contributed by atoms with Gasteiger partial charge in [0.1, 0.15) is 0 Å². The van der Waals surface area contributed by atoms with Crippen molar-refractivity contribution in [2.45, 2.75) is 25.8 Å². The Morgan fingerprint density at radius 2 is 2.06 bits per heavy atom. The van der Waals surface area contributed by atoms with Gasteiger partial charge in [0, 0.05) is 37.8 Å². The fourth-order valence-electron chi connectivity index (χ4n) is 2.19. The third-order valence-electron chi connectivity index (χ3n) is 3.44. The van der Waals surface area contributed by atoms with Crippen molar-refractivity contribution < 1.29 is 4.79 Å². The Morgan fingerprint density at radius 1 is 1.33 bits per heavy atom. The molecule has 18 heavy (non-hydrogen) atoms. The zero-order chi connectivity index (χ0) is 13.0. The molecule has 1 aromatic carbocycles. The molecule has 1 amide bonds. The molecule has 1 heterocycles. The van der Waals surface area contributed by atoms with E-state index in [0.717, 1.165) is 26.1 Å². The van der Waals surface area contributed by atoms with Crippen molar-refractivity contribution in [3.8, 4) is 0 Å². The van der Waals surface area contributed by atoms with Gasteiger partial charge in [0.05, 0.1) is 0 Å². The van der Waals surface area contributed by atoms with E-state index < -0.39 is 0 Å². The van der Waals surface area contributed by atoms with Crippen LogP contribution in [0.1, 0.15) is 31.4 Å². The fraction of sp³-hybridized carbons (Fsp3) is 0.500. The SMILES string of the molecule is CC[C@@H](N)c1ccc(N2CCNC(=O)CC2)cc1. The summed E-state index contributed by atoms with van der Waals surface area (Å²) in [5.74, 6) is 0.141. The number of anilines is 1. The molecule has 1 aliphatic heterocycles. The molecule has 0 aromatic heterocycles. The number of amides is 1. The van der Waals surface area contributed by atoms with Gasteiger partial charge in [-0.15, -0.1) is 0 Å². The number of hydrogen-bond acceptors (Lipinski definition) is 3. The van der Waals surface area contributed by atoms with Crippen LogP contribution in [0.15, 0.2) is 24.3 Å². The maximum Gasteiger partial charge on any atom is 0.221 e. The lowest BCUT2D eigenvalue weighted by Gasteiger charge is -2.22. The van der Waals surface area contributed by atoms with Crippen LogP contribution >= 0.6 is 0 Å². The maximum atomic E-state index is 11.3. The summed E-state index contributed by atoms with van der Waals surface area (Å²) in [6, 6.07) is 8.49. The molecule has 1 aliphatic rings. The predicted octanol–water partition coefficient (Wildman–Crippen LogP) is 1.42. The molecule has 1 fully saturated rings. The summed E-state index contributed by atoms with van der Waals surface area (Å²) in [6.07, 6.45) is 1.51. The molecular formula is C14H21N3O. The number of hydrogen-bond donors (Lipinski definition) is 2. The minimum absolute atomic E-state index is 0.117. The lowest BCUT2D eigenvalue weighted by molar-refractivity contribution is -0.120. The van der Waals surface area contributed by atoms with E-state index in [0.29, 0.717) is 6.42 Å². The number of nitrogens with two attached hydrogens (primary N) is 1. The summed E-state index contributed by atoms with van der Waals surface area (Å²) in [4.78, 5) is 13.5. The molecule has 0 spiro atoms. The number of carbonyl (C=O) groups is 1. The number of nitrogens with zero attached hydrogens (tertiary/aromatic N) is 1. The van der Waals surface area contributed by atoms with Gasteiger partial charge in [-0.1, -0.05) is 19.1 Å². The van der Waals surface area contributed by atoms with Crippen LogP contribution in [-0.2, 0) is 4.79 Å². The summed E-state index contributed by atoms with van der Waals surface area (Å²) >= 11 is 0. The van der Waals surface area contributed by atoms with Gasteiger partial charge in [0.25, 0.3) is 0 Å². The van der Waals surface area contributed by atoms with Gasteiger partial charge >= 0.3 is 0 Å². The Hall–Kier alpha value is -1.55. The first-order chi connectivity index (χ1) is 8.70. The second kappa shape index (κ2) is 5.87. The average molecular weight is 247 g/mol. The van der Waals surface area contributed by atoms with Crippen LogP contribution in [0, 0.1) is 0 Å². The Morgan fingerprint density at radius 3 is 2.72 bits per heavy atom. The minimum Gasteiger partial charge on any atom is -0.369 e. The molecule has 0 aliphatic carbocycles. The highest BCUT2D eigenvalue weighted by atomic mass is 16.1. The first-order valence-electron chi connectivity index (χ1n) is 6.58. The van der Waals surface area contributed by atoms with Crippen molar-refractivity contribution in [3.05, 3.63) is 29.8 Å². The van der Waals surface area contributed by atoms with E-state index in [-0.39, 0.29) is 11.9 Å². The Kier molecular flexibility index (Phi) is 4.20. The zero-order valence-corrected chi connectivity index (χ0v) is 10.9. The van der Waals surface area contributed by atoms with E-state index in [1.165, 1.54) is 11.3 Å². The molecule has 2 rings (SSSR count). The molecule has 98 valence electrons. The standard InChI is InChI=1S/C14H21N3O/c1-2-13(15)11-3-5-12(6-4-11)17-9-7-14(18)16-8-10-17/h3-6,13H,2,7-10,15H2,1H3,(H,16,18)/t13-/m1/s1. The van der Waals surface area contributed by atoms with Gasteiger partial charge in [-0.3, -0.25) is 4.79 Å². The van der Waals surface area contributed by atoms with Crippen molar-refractivity contribution >= 4 is 11.6 Å². The molecule has 0 unspecified atom stereocenters. The van der Waals surface area contributed by atoms with Crippen LogP contribution in [-0.4, -0.2) is 25.5 Å². The van der Waals surface area contributed by atoms with Gasteiger partial charge in [0.2, 0.25) is 5.91 Å². The zero-order valence-electron chi connectivity index (χ0n) is 10.9. The van der Waals surface area contributed by atoms with Crippen molar-refractivity contribution in [2.75, 3.05) is 24.5 Å². The van der Waals surface area contributed by atoms with Crippen molar-refractivity contribution in [1.29, 1.82) is 0 Å². The average Bonchev–Trinajstić information content (AvgIpc) is 2.63. The summed E-state index contributed by atoms with van der Waals surface area (Å²) in [7, 11) is 0. The highest BCUT2D eigenvalue weighted by Crippen LogP contribution is 2.20. The van der Waals surface area contributed by atoms with Gasteiger partial charge in [-0.25, -0.2) is 0 Å². The molecule has 3 N–H and O–H groups in total. The van der Waals surface area contributed by atoms with Crippen molar-refractivity contribution in [3.63, 3.8) is 0 Å². The summed E-state index contributed by atoms with van der Waals surface area (Å²) in [6.45, 7) is 4.45. The molecule has 1 saturated heterocycles. The van der Waals surface area contributed by atoms with E-state index in [1.807, 2.05) is 0 Å². The number of carbonyl (C=O) groups excluding carboxylic acids is 1. The Balaban J connectivity index is 2.06. The second-order valence-electron chi connectivity index (χ2n) is 4.69. The van der Waals surface area contributed by atoms with Gasteiger partial charge in [0.15, 0.2) is 0 Å². The minimum atomic E-state index is 0.117. The first kappa shape index (κ1) is 12.9. The molecular weight excluding hydrogens is 226 g/mol. The highest BCUT2D eigenvalue weighted by molar-refractivity contribution is 5.77. The molecule has 0 radical (unpaired) electrons. The lowest BCUT2D eigenvalue weighted by Crippen LogP contribution is -2.28. The van der Waals surface area contributed by atoms with Crippen molar-refractivity contribution in [2.24, 2.45) is 5.73 Å². The third kappa shape index (κ3) is 3.01. The summed E-state index contributed by atoms with van der Waals surface area (Å²) in [5.41, 5.74) is 8.33. The molecule has 0 bridgehead atoms. The normalized spacial score (nSPS) is 18.1. The molecule has 4 nitrogen and oxygen atoms in total. The van der Waals surface area contributed by atoms with Crippen LogP contribution in [0.3, 0.4) is 0 Å². The van der Waals surface area contributed by atoms with Crippen LogP contribution < -0.4 is 16.0 Å². The Labute approximate surface area is 108 Å². The van der Waals surface area contributed by atoms with Crippen LogP contribution in [0.25, 0.3) is 0 Å². The van der Waals surface area contributed by atoms with Gasteiger partial charge < -0.3 is 16.0 Å². The number of nitrogens with one attached hydrogen (secondary N) is 1. The van der Waals surface area contributed by atoms with Crippen LogP contribution in [0.4, 0.5) is 5.69 Å². The topological polar surface area (TPSA) is 58.4 Å². The smallest absolute Gasteiger partial charge is 0.221 e. The summed E-state index contributed by atoms with van der Waals surface area (Å²) < 4.78 is 0. The molecule has 4 heteroatoms. The quantitative estimate of drug-likeness (QED) is 0.849. The largest absolute Gasteiger partial charge is 0.369 e. The fourth-order valence-corrected chi connectivity index (χ4v) is 2.19. The second-order valence-corrected chi connectivity index (χ2v) is 4.69. The molecule has 0 saturated carbocycles. The van der Waals surface area contributed by atoms with E-state index in [4.69, 9.17) is 5.73 Å². The first-order valence-corrected chi connectivity index (χ1v) is 6.58. The number of benzene rings is 1. The molecule has 1 aromatic rings. The van der Waals surface area contributed by atoms with Crippen LogP contribution in [0.2, 0.25) is 0 Å². The lowest BCUT2D eigenvalue weighted by atomic mass is 10.1. The third-order valence-corrected chi connectivity index (χ3v) is 3.44. The molecule has 1 atom stereocenters. The van der Waals surface area contributed by atoms with E-state index >= 15 is 0 Å². The maximum absolute atomic E-state index is 11.3. The highest BCUT2D eigenvalue weighted by Gasteiger charge is 2.13. The monoisotopic (exact) mass is 247 g/mol. The van der Waals surface area contributed by atoms with Crippen LogP contribution in [0.5, 0.6) is 0 Å². The van der Waals surface area contributed by atoms with E-state index in [2.05, 4.69) is 41.4 Å².